The molecule has 0 spiro atoms. The minimum Gasteiger partial charge on any atom is -0.489 e. The van der Waals surface area contributed by atoms with Crippen LogP contribution in [0.25, 0.3) is 11.0 Å². The predicted octanol–water partition coefficient (Wildman–Crippen LogP) is 4.46. The average Bonchev–Trinajstić information content (AvgIpc) is 2.55. The highest BCUT2D eigenvalue weighted by Gasteiger charge is 2.10. The summed E-state index contributed by atoms with van der Waals surface area (Å²) in [6.07, 6.45) is 2.98. The van der Waals surface area contributed by atoms with E-state index < -0.39 is 0 Å². The number of benzene rings is 2. The van der Waals surface area contributed by atoms with Gasteiger partial charge in [-0.2, -0.15) is 0 Å². The molecule has 0 bridgehead atoms. The van der Waals surface area contributed by atoms with Crippen molar-refractivity contribution in [3.05, 3.63) is 77.2 Å². The third-order valence-corrected chi connectivity index (χ3v) is 3.30. The number of rotatable bonds is 5. The van der Waals surface area contributed by atoms with E-state index in [1.165, 1.54) is 6.26 Å². The zero-order valence-corrected chi connectivity index (χ0v) is 12.7. The zero-order valence-electron chi connectivity index (χ0n) is 12.7. The summed E-state index contributed by atoms with van der Waals surface area (Å²) in [6.45, 7) is 5.95. The van der Waals surface area contributed by atoms with Gasteiger partial charge in [-0.3, -0.25) is 4.79 Å². The standard InChI is InChI=1S/C19H16O4/c1-3-9-21-14-7-8-16-17(11-14)22-12-18(19(16)20)23-15-6-4-5-13(2)10-15/h3-8,10-12H,1,9H2,2H3. The average molecular weight is 308 g/mol. The van der Waals surface area contributed by atoms with E-state index in [1.807, 2.05) is 25.1 Å². The second-order valence-electron chi connectivity index (χ2n) is 5.11. The maximum atomic E-state index is 12.5. The molecular formula is C19H16O4. The lowest BCUT2D eigenvalue weighted by molar-refractivity contribution is 0.363. The molecule has 1 aromatic heterocycles. The topological polar surface area (TPSA) is 48.7 Å². The van der Waals surface area contributed by atoms with Crippen LogP contribution in [0.1, 0.15) is 5.56 Å². The first-order valence-electron chi connectivity index (χ1n) is 7.21. The van der Waals surface area contributed by atoms with E-state index in [0.29, 0.717) is 29.1 Å². The Morgan fingerprint density at radius 1 is 1.17 bits per heavy atom. The molecular weight excluding hydrogens is 292 g/mol. The summed E-state index contributed by atoms with van der Waals surface area (Å²) < 4.78 is 16.6. The molecule has 2 aromatic carbocycles. The van der Waals surface area contributed by atoms with Gasteiger partial charge in [0, 0.05) is 6.07 Å². The van der Waals surface area contributed by atoms with Gasteiger partial charge in [0.2, 0.25) is 11.2 Å². The third-order valence-electron chi connectivity index (χ3n) is 3.30. The Morgan fingerprint density at radius 3 is 2.83 bits per heavy atom. The molecule has 4 heteroatoms. The Labute approximate surface area is 133 Å². The molecule has 0 aliphatic carbocycles. The molecule has 0 saturated heterocycles. The van der Waals surface area contributed by atoms with Crippen molar-refractivity contribution in [2.45, 2.75) is 6.92 Å². The van der Waals surface area contributed by atoms with Gasteiger partial charge in [-0.05, 0) is 36.8 Å². The molecule has 0 aliphatic rings. The minimum absolute atomic E-state index is 0.155. The van der Waals surface area contributed by atoms with Crippen molar-refractivity contribution in [3.63, 3.8) is 0 Å². The van der Waals surface area contributed by atoms with Crippen LogP contribution in [0.15, 0.2) is 70.6 Å². The second kappa shape index (κ2) is 6.40. The second-order valence-corrected chi connectivity index (χ2v) is 5.11. The van der Waals surface area contributed by atoms with E-state index in [4.69, 9.17) is 13.9 Å². The van der Waals surface area contributed by atoms with E-state index in [1.54, 1.807) is 30.3 Å². The molecule has 116 valence electrons. The van der Waals surface area contributed by atoms with Crippen molar-refractivity contribution in [3.8, 4) is 17.2 Å². The van der Waals surface area contributed by atoms with Crippen LogP contribution in [0, 0.1) is 6.92 Å². The van der Waals surface area contributed by atoms with Crippen LogP contribution in [-0.2, 0) is 0 Å². The summed E-state index contributed by atoms with van der Waals surface area (Å²) in [5.41, 5.74) is 1.29. The molecule has 1 heterocycles. The lowest BCUT2D eigenvalue weighted by Gasteiger charge is -2.07. The summed E-state index contributed by atoms with van der Waals surface area (Å²) in [5.74, 6) is 1.37. The summed E-state index contributed by atoms with van der Waals surface area (Å²) in [6, 6.07) is 12.5. The highest BCUT2D eigenvalue weighted by atomic mass is 16.5. The molecule has 0 saturated carbocycles. The van der Waals surface area contributed by atoms with E-state index in [0.717, 1.165) is 5.56 Å². The minimum atomic E-state index is -0.219. The maximum Gasteiger partial charge on any atom is 0.235 e. The van der Waals surface area contributed by atoms with Gasteiger partial charge in [-0.25, -0.2) is 0 Å². The van der Waals surface area contributed by atoms with Crippen LogP contribution in [0.4, 0.5) is 0 Å². The van der Waals surface area contributed by atoms with Crippen LogP contribution < -0.4 is 14.9 Å². The molecule has 0 fully saturated rings. The molecule has 0 aliphatic heterocycles. The predicted molar refractivity (Wildman–Crippen MR) is 89.4 cm³/mol. The van der Waals surface area contributed by atoms with Gasteiger partial charge in [0.1, 0.15) is 30.0 Å². The van der Waals surface area contributed by atoms with Crippen LogP contribution >= 0.6 is 0 Å². The Hall–Kier alpha value is -3.01. The molecule has 0 unspecified atom stereocenters. The fraction of sp³-hybridized carbons (Fsp3) is 0.105. The van der Waals surface area contributed by atoms with Gasteiger partial charge in [-0.15, -0.1) is 0 Å². The highest BCUT2D eigenvalue weighted by Crippen LogP contribution is 2.24. The first-order chi connectivity index (χ1) is 11.2. The number of fused-ring (bicyclic) bond motifs is 1. The maximum absolute atomic E-state index is 12.5. The van der Waals surface area contributed by atoms with Crippen molar-refractivity contribution in [1.82, 2.24) is 0 Å². The highest BCUT2D eigenvalue weighted by molar-refractivity contribution is 5.79. The van der Waals surface area contributed by atoms with Crippen LogP contribution in [0.5, 0.6) is 17.2 Å². The van der Waals surface area contributed by atoms with Crippen LogP contribution in [0.3, 0.4) is 0 Å². The Balaban J connectivity index is 1.95. The number of hydrogen-bond donors (Lipinski definition) is 0. The van der Waals surface area contributed by atoms with Crippen molar-refractivity contribution in [1.29, 1.82) is 0 Å². The molecule has 0 amide bonds. The van der Waals surface area contributed by atoms with E-state index >= 15 is 0 Å². The first kappa shape index (κ1) is 14.9. The summed E-state index contributed by atoms with van der Waals surface area (Å²) in [4.78, 5) is 12.5. The van der Waals surface area contributed by atoms with Gasteiger partial charge < -0.3 is 13.9 Å². The van der Waals surface area contributed by atoms with Gasteiger partial charge >= 0.3 is 0 Å². The fourth-order valence-electron chi connectivity index (χ4n) is 2.21. The quantitative estimate of drug-likeness (QED) is 0.653. The lowest BCUT2D eigenvalue weighted by Crippen LogP contribution is -2.05. The van der Waals surface area contributed by atoms with Crippen molar-refractivity contribution in [2.75, 3.05) is 6.61 Å². The molecule has 23 heavy (non-hydrogen) atoms. The smallest absolute Gasteiger partial charge is 0.235 e. The third kappa shape index (κ3) is 3.26. The van der Waals surface area contributed by atoms with E-state index in [2.05, 4.69) is 6.58 Å². The van der Waals surface area contributed by atoms with Crippen molar-refractivity contribution < 1.29 is 13.9 Å². The Bertz CT molecular complexity index is 909. The van der Waals surface area contributed by atoms with E-state index in [9.17, 15) is 4.79 Å². The Kier molecular flexibility index (Phi) is 4.15. The van der Waals surface area contributed by atoms with Crippen molar-refractivity contribution in [2.24, 2.45) is 0 Å². The molecule has 0 atom stereocenters. The van der Waals surface area contributed by atoms with Gasteiger partial charge in [-0.1, -0.05) is 24.8 Å². The normalized spacial score (nSPS) is 10.5. The SMILES string of the molecule is C=CCOc1ccc2c(=O)c(Oc3cccc(C)c3)coc2c1. The number of aryl methyl sites for hydroxylation is 1. The van der Waals surface area contributed by atoms with Crippen molar-refractivity contribution >= 4 is 11.0 Å². The summed E-state index contributed by atoms with van der Waals surface area (Å²) in [5, 5.41) is 0.445. The van der Waals surface area contributed by atoms with E-state index in [-0.39, 0.29) is 11.2 Å². The number of ether oxygens (including phenoxy) is 2. The summed E-state index contributed by atoms with van der Waals surface area (Å²) in [7, 11) is 0. The lowest BCUT2D eigenvalue weighted by atomic mass is 10.2. The fourth-order valence-corrected chi connectivity index (χ4v) is 2.21. The Morgan fingerprint density at radius 2 is 2.04 bits per heavy atom. The molecule has 3 rings (SSSR count). The zero-order chi connectivity index (χ0) is 16.2. The monoisotopic (exact) mass is 308 g/mol. The van der Waals surface area contributed by atoms with Crippen LogP contribution in [-0.4, -0.2) is 6.61 Å². The molecule has 3 aromatic rings. The van der Waals surface area contributed by atoms with Crippen LogP contribution in [0.2, 0.25) is 0 Å². The molecule has 0 N–H and O–H groups in total. The molecule has 4 nitrogen and oxygen atoms in total. The molecule has 0 radical (unpaired) electrons. The van der Waals surface area contributed by atoms with Gasteiger partial charge in [0.05, 0.1) is 5.39 Å². The van der Waals surface area contributed by atoms with Gasteiger partial charge in [0.15, 0.2) is 0 Å². The summed E-state index contributed by atoms with van der Waals surface area (Å²) >= 11 is 0. The number of hydrogen-bond acceptors (Lipinski definition) is 4. The largest absolute Gasteiger partial charge is 0.489 e. The first-order valence-corrected chi connectivity index (χ1v) is 7.21. The van der Waals surface area contributed by atoms with Gasteiger partial charge in [0.25, 0.3) is 0 Å².